The molecule has 0 aliphatic carbocycles. The second-order valence-electron chi connectivity index (χ2n) is 4.39. The number of aromatic nitrogens is 2. The van der Waals surface area contributed by atoms with E-state index in [0.29, 0.717) is 23.3 Å². The first-order valence-electron chi connectivity index (χ1n) is 6.51. The predicted octanol–water partition coefficient (Wildman–Crippen LogP) is 3.18. The van der Waals surface area contributed by atoms with Crippen LogP contribution in [0.5, 0.6) is 0 Å². The van der Waals surface area contributed by atoms with Crippen molar-refractivity contribution >= 4 is 23.1 Å². The lowest BCUT2D eigenvalue weighted by atomic mass is 10.2. The van der Waals surface area contributed by atoms with E-state index in [-0.39, 0.29) is 5.56 Å². The highest BCUT2D eigenvalue weighted by atomic mass is 16.3. The maximum atomic E-state index is 12.4. The summed E-state index contributed by atoms with van der Waals surface area (Å²) < 4.78 is 6.90. The molecule has 4 nitrogen and oxygen atoms in total. The summed E-state index contributed by atoms with van der Waals surface area (Å²) in [4.78, 5) is 16.9. The third-order valence-corrected chi connectivity index (χ3v) is 3.15. The number of benzene rings is 1. The van der Waals surface area contributed by atoms with Crippen molar-refractivity contribution < 1.29 is 4.42 Å². The van der Waals surface area contributed by atoms with Crippen LogP contribution < -0.4 is 5.56 Å². The summed E-state index contributed by atoms with van der Waals surface area (Å²) in [6.45, 7) is 2.51. The van der Waals surface area contributed by atoms with Gasteiger partial charge < -0.3 is 4.42 Å². The van der Waals surface area contributed by atoms with Crippen LogP contribution in [0.4, 0.5) is 0 Å². The van der Waals surface area contributed by atoms with Gasteiger partial charge in [-0.2, -0.15) is 0 Å². The molecule has 0 N–H and O–H groups in total. The summed E-state index contributed by atoms with van der Waals surface area (Å²) in [5, 5.41) is 0.643. The monoisotopic (exact) mass is 266 g/mol. The zero-order chi connectivity index (χ0) is 13.9. The summed E-state index contributed by atoms with van der Waals surface area (Å²) >= 11 is 0. The Morgan fingerprint density at radius 2 is 2.05 bits per heavy atom. The number of para-hydroxylation sites is 1. The van der Waals surface area contributed by atoms with Gasteiger partial charge in [-0.25, -0.2) is 4.98 Å². The molecular formula is C16H14N2O2. The molecule has 2 heterocycles. The maximum absolute atomic E-state index is 12.4. The van der Waals surface area contributed by atoms with Crippen LogP contribution in [0.2, 0.25) is 0 Å². The van der Waals surface area contributed by atoms with Crippen LogP contribution in [0.1, 0.15) is 18.5 Å². The number of fused-ring (bicyclic) bond motifs is 1. The smallest absolute Gasteiger partial charge is 0.261 e. The standard InChI is InChI=1S/C16H14N2O2/c1-2-18-15(10-9-12-6-5-11-20-12)17-14-8-4-3-7-13(14)16(18)19/h3-11H,2H2,1H3/b10-9+. The molecule has 0 unspecified atom stereocenters. The van der Waals surface area contributed by atoms with Gasteiger partial charge in [-0.3, -0.25) is 9.36 Å². The zero-order valence-corrected chi connectivity index (χ0v) is 11.1. The molecule has 0 bridgehead atoms. The number of furan rings is 1. The SMILES string of the molecule is CCn1c(/C=C/c2ccco2)nc2ccccc2c1=O. The van der Waals surface area contributed by atoms with Gasteiger partial charge in [0, 0.05) is 6.54 Å². The van der Waals surface area contributed by atoms with Crippen LogP contribution >= 0.6 is 0 Å². The third-order valence-electron chi connectivity index (χ3n) is 3.15. The van der Waals surface area contributed by atoms with E-state index < -0.39 is 0 Å². The van der Waals surface area contributed by atoms with E-state index in [1.165, 1.54) is 0 Å². The second kappa shape index (κ2) is 5.17. The largest absolute Gasteiger partial charge is 0.465 e. The molecule has 0 atom stereocenters. The highest BCUT2D eigenvalue weighted by Crippen LogP contribution is 2.11. The molecule has 2 aromatic heterocycles. The van der Waals surface area contributed by atoms with E-state index in [4.69, 9.17) is 4.42 Å². The number of rotatable bonds is 3. The topological polar surface area (TPSA) is 48.0 Å². The average Bonchev–Trinajstić information content (AvgIpc) is 2.99. The Morgan fingerprint density at radius 1 is 1.20 bits per heavy atom. The van der Waals surface area contributed by atoms with Gasteiger partial charge in [0.2, 0.25) is 0 Å². The first-order chi connectivity index (χ1) is 9.79. The quantitative estimate of drug-likeness (QED) is 0.731. The van der Waals surface area contributed by atoms with Crippen LogP contribution in [0.25, 0.3) is 23.1 Å². The Balaban J connectivity index is 2.17. The Bertz CT molecular complexity index is 814. The lowest BCUT2D eigenvalue weighted by molar-refractivity contribution is 0.557. The van der Waals surface area contributed by atoms with Crippen molar-refractivity contribution in [3.05, 3.63) is 64.6 Å². The minimum atomic E-state index is -0.0165. The molecular weight excluding hydrogens is 252 g/mol. The molecule has 4 heteroatoms. The molecule has 0 aliphatic heterocycles. The van der Waals surface area contributed by atoms with E-state index in [1.807, 2.05) is 43.3 Å². The molecule has 100 valence electrons. The fourth-order valence-electron chi connectivity index (χ4n) is 2.16. The molecule has 20 heavy (non-hydrogen) atoms. The second-order valence-corrected chi connectivity index (χ2v) is 4.39. The Kier molecular flexibility index (Phi) is 3.21. The average molecular weight is 266 g/mol. The number of nitrogens with zero attached hydrogens (tertiary/aromatic N) is 2. The molecule has 0 aliphatic rings. The van der Waals surface area contributed by atoms with Crippen molar-refractivity contribution in [3.8, 4) is 0 Å². The first-order valence-corrected chi connectivity index (χ1v) is 6.51. The van der Waals surface area contributed by atoms with Gasteiger partial charge in [0.15, 0.2) is 0 Å². The molecule has 0 amide bonds. The number of hydrogen-bond donors (Lipinski definition) is 0. The van der Waals surface area contributed by atoms with Gasteiger partial charge in [0.1, 0.15) is 11.6 Å². The molecule has 0 spiro atoms. The fourth-order valence-corrected chi connectivity index (χ4v) is 2.16. The molecule has 1 aromatic carbocycles. The summed E-state index contributed by atoms with van der Waals surface area (Å²) in [6.07, 6.45) is 5.22. The highest BCUT2D eigenvalue weighted by molar-refractivity contribution is 5.79. The van der Waals surface area contributed by atoms with Gasteiger partial charge in [-0.05, 0) is 43.3 Å². The lowest BCUT2D eigenvalue weighted by Gasteiger charge is -2.08. The van der Waals surface area contributed by atoms with Crippen molar-refractivity contribution in [2.75, 3.05) is 0 Å². The normalized spacial score (nSPS) is 11.4. The van der Waals surface area contributed by atoms with Crippen molar-refractivity contribution in [1.82, 2.24) is 9.55 Å². The van der Waals surface area contributed by atoms with Crippen LogP contribution in [0.3, 0.4) is 0 Å². The predicted molar refractivity (Wildman–Crippen MR) is 79.3 cm³/mol. The maximum Gasteiger partial charge on any atom is 0.261 e. The summed E-state index contributed by atoms with van der Waals surface area (Å²) in [6, 6.07) is 11.1. The van der Waals surface area contributed by atoms with Crippen LogP contribution in [-0.2, 0) is 6.54 Å². The van der Waals surface area contributed by atoms with Crippen LogP contribution in [0.15, 0.2) is 51.9 Å². The lowest BCUT2D eigenvalue weighted by Crippen LogP contribution is -2.22. The Hall–Kier alpha value is -2.62. The van der Waals surface area contributed by atoms with Crippen molar-refractivity contribution in [2.45, 2.75) is 13.5 Å². The summed E-state index contributed by atoms with van der Waals surface area (Å²) in [7, 11) is 0. The van der Waals surface area contributed by atoms with Gasteiger partial charge in [-0.15, -0.1) is 0 Å². The molecule has 0 saturated heterocycles. The van der Waals surface area contributed by atoms with Gasteiger partial charge in [0.25, 0.3) is 5.56 Å². The summed E-state index contributed by atoms with van der Waals surface area (Å²) in [5.74, 6) is 1.36. The van der Waals surface area contributed by atoms with Gasteiger partial charge in [0.05, 0.1) is 17.2 Å². The van der Waals surface area contributed by atoms with Gasteiger partial charge >= 0.3 is 0 Å². The van der Waals surface area contributed by atoms with Crippen molar-refractivity contribution in [2.24, 2.45) is 0 Å². The minimum absolute atomic E-state index is 0.0165. The molecule has 0 saturated carbocycles. The zero-order valence-electron chi connectivity index (χ0n) is 11.1. The molecule has 3 aromatic rings. The summed E-state index contributed by atoms with van der Waals surface area (Å²) in [5.41, 5.74) is 0.693. The minimum Gasteiger partial charge on any atom is -0.465 e. The highest BCUT2D eigenvalue weighted by Gasteiger charge is 2.07. The molecule has 0 radical (unpaired) electrons. The van der Waals surface area contributed by atoms with E-state index >= 15 is 0 Å². The van der Waals surface area contributed by atoms with Gasteiger partial charge in [-0.1, -0.05) is 12.1 Å². The first kappa shape index (κ1) is 12.4. The molecule has 3 rings (SSSR count). The van der Waals surface area contributed by atoms with E-state index in [2.05, 4.69) is 4.98 Å². The van der Waals surface area contributed by atoms with Crippen molar-refractivity contribution in [3.63, 3.8) is 0 Å². The van der Waals surface area contributed by atoms with E-state index in [1.54, 1.807) is 23.0 Å². The Morgan fingerprint density at radius 3 is 2.80 bits per heavy atom. The number of hydrogen-bond acceptors (Lipinski definition) is 3. The van der Waals surface area contributed by atoms with Crippen LogP contribution in [0, 0.1) is 0 Å². The Labute approximate surface area is 116 Å². The van der Waals surface area contributed by atoms with Crippen molar-refractivity contribution in [1.29, 1.82) is 0 Å². The van der Waals surface area contributed by atoms with E-state index in [0.717, 1.165) is 5.76 Å². The fraction of sp³-hybridized carbons (Fsp3) is 0.125. The molecule has 0 fully saturated rings. The van der Waals surface area contributed by atoms with Crippen LogP contribution in [-0.4, -0.2) is 9.55 Å². The third kappa shape index (κ3) is 2.16. The van der Waals surface area contributed by atoms with E-state index in [9.17, 15) is 4.79 Å².